The van der Waals surface area contributed by atoms with Gasteiger partial charge in [0.2, 0.25) is 5.91 Å². The number of amides is 1. The molecule has 2 aromatic carbocycles. The summed E-state index contributed by atoms with van der Waals surface area (Å²) in [5, 5.41) is 14.2. The first-order chi connectivity index (χ1) is 13.4. The number of allylic oxidation sites excluding steroid dienone is 2. The molecule has 28 heavy (non-hydrogen) atoms. The van der Waals surface area contributed by atoms with Crippen LogP contribution in [0.25, 0.3) is 0 Å². The maximum atomic E-state index is 13.0. The van der Waals surface area contributed by atoms with E-state index < -0.39 is 10.8 Å². The Morgan fingerprint density at radius 1 is 1.00 bits per heavy atom. The van der Waals surface area contributed by atoms with E-state index in [4.69, 9.17) is 0 Å². The molecule has 1 aliphatic heterocycles. The molecule has 0 saturated heterocycles. The molecule has 0 saturated carbocycles. The minimum Gasteiger partial charge on any atom is -0.329 e. The van der Waals surface area contributed by atoms with Gasteiger partial charge in [0.1, 0.15) is 0 Å². The number of nitro benzene ring substituents is 1. The molecule has 0 bridgehead atoms. The number of ketones is 1. The van der Waals surface area contributed by atoms with E-state index in [9.17, 15) is 19.7 Å². The van der Waals surface area contributed by atoms with Crippen LogP contribution in [0.2, 0.25) is 0 Å². The minimum absolute atomic E-state index is 0.00308. The van der Waals surface area contributed by atoms with Crippen molar-refractivity contribution in [2.45, 2.75) is 38.0 Å². The molecular weight excluding hydrogens is 356 g/mol. The summed E-state index contributed by atoms with van der Waals surface area (Å²) in [5.41, 5.74) is 3.55. The van der Waals surface area contributed by atoms with E-state index in [1.54, 1.807) is 19.1 Å². The summed E-state index contributed by atoms with van der Waals surface area (Å²) in [6.45, 7) is 1.68. The molecule has 0 fully saturated rings. The van der Waals surface area contributed by atoms with Crippen LogP contribution in [0, 0.1) is 17.0 Å². The Morgan fingerprint density at radius 3 is 2.46 bits per heavy atom. The fraction of sp³-hybridized carbons (Fsp3) is 0.273. The van der Waals surface area contributed by atoms with Crippen LogP contribution in [0.4, 0.5) is 5.69 Å². The number of carbonyl (C=O) groups is 2. The van der Waals surface area contributed by atoms with Gasteiger partial charge in [-0.25, -0.2) is 0 Å². The van der Waals surface area contributed by atoms with Gasteiger partial charge in [0.25, 0.3) is 5.69 Å². The van der Waals surface area contributed by atoms with Crippen molar-refractivity contribution in [1.29, 1.82) is 0 Å². The Labute approximate surface area is 162 Å². The van der Waals surface area contributed by atoms with E-state index in [1.165, 1.54) is 6.07 Å². The molecule has 2 atom stereocenters. The maximum Gasteiger partial charge on any atom is 0.272 e. The summed E-state index contributed by atoms with van der Waals surface area (Å²) in [7, 11) is 0. The SMILES string of the molecule is Cc1ccc([C@@H]2CC(=O)NC3=C2C(=O)C[C@@H](c2ccccc2)C3)cc1[N+](=O)[O-]. The van der Waals surface area contributed by atoms with Crippen LogP contribution in [0.15, 0.2) is 59.8 Å². The van der Waals surface area contributed by atoms with Crippen molar-refractivity contribution in [2.75, 3.05) is 0 Å². The van der Waals surface area contributed by atoms with Gasteiger partial charge in [0.05, 0.1) is 4.92 Å². The summed E-state index contributed by atoms with van der Waals surface area (Å²) in [4.78, 5) is 36.3. The van der Waals surface area contributed by atoms with E-state index >= 15 is 0 Å². The number of hydrogen-bond donors (Lipinski definition) is 1. The van der Waals surface area contributed by atoms with Crippen LogP contribution >= 0.6 is 0 Å². The molecule has 1 N–H and O–H groups in total. The number of rotatable bonds is 3. The summed E-state index contributed by atoms with van der Waals surface area (Å²) < 4.78 is 0. The molecule has 1 heterocycles. The van der Waals surface area contributed by atoms with Crippen LogP contribution in [-0.4, -0.2) is 16.6 Å². The van der Waals surface area contributed by atoms with Crippen molar-refractivity contribution in [2.24, 2.45) is 0 Å². The summed E-state index contributed by atoms with van der Waals surface area (Å²) in [6, 6.07) is 14.8. The quantitative estimate of drug-likeness (QED) is 0.650. The predicted octanol–water partition coefficient (Wildman–Crippen LogP) is 3.91. The smallest absolute Gasteiger partial charge is 0.272 e. The zero-order valence-electron chi connectivity index (χ0n) is 15.5. The van der Waals surface area contributed by atoms with Crippen molar-refractivity contribution < 1.29 is 14.5 Å². The van der Waals surface area contributed by atoms with Crippen LogP contribution in [-0.2, 0) is 9.59 Å². The first kappa shape index (κ1) is 18.1. The van der Waals surface area contributed by atoms with Crippen molar-refractivity contribution in [3.8, 4) is 0 Å². The van der Waals surface area contributed by atoms with Gasteiger partial charge in [-0.15, -0.1) is 0 Å². The maximum absolute atomic E-state index is 13.0. The fourth-order valence-electron chi connectivity index (χ4n) is 4.25. The number of carbonyl (C=O) groups excluding carboxylic acids is 2. The average Bonchev–Trinajstić information content (AvgIpc) is 2.67. The Bertz CT molecular complexity index is 1010. The summed E-state index contributed by atoms with van der Waals surface area (Å²) >= 11 is 0. The second kappa shape index (κ2) is 7.03. The average molecular weight is 376 g/mol. The topological polar surface area (TPSA) is 89.3 Å². The monoisotopic (exact) mass is 376 g/mol. The van der Waals surface area contributed by atoms with Gasteiger partial charge in [-0.05, 0) is 30.4 Å². The van der Waals surface area contributed by atoms with Crippen molar-refractivity contribution in [3.05, 3.63) is 86.6 Å². The lowest BCUT2D eigenvalue weighted by molar-refractivity contribution is -0.385. The highest BCUT2D eigenvalue weighted by molar-refractivity contribution is 6.02. The fourth-order valence-corrected chi connectivity index (χ4v) is 4.25. The van der Waals surface area contributed by atoms with Crippen LogP contribution < -0.4 is 5.32 Å². The first-order valence-corrected chi connectivity index (χ1v) is 9.30. The molecule has 0 unspecified atom stereocenters. The minimum atomic E-state index is -0.438. The number of benzene rings is 2. The third kappa shape index (κ3) is 3.22. The highest BCUT2D eigenvalue weighted by Crippen LogP contribution is 2.43. The Hall–Kier alpha value is -3.28. The molecule has 142 valence electrons. The molecule has 2 aliphatic rings. The lowest BCUT2D eigenvalue weighted by Gasteiger charge is -2.34. The van der Waals surface area contributed by atoms with Gasteiger partial charge in [0.15, 0.2) is 5.78 Å². The number of nitrogens with zero attached hydrogens (tertiary/aromatic N) is 1. The molecule has 0 aromatic heterocycles. The van der Waals surface area contributed by atoms with E-state index in [0.717, 1.165) is 5.56 Å². The largest absolute Gasteiger partial charge is 0.329 e. The van der Waals surface area contributed by atoms with E-state index in [-0.39, 0.29) is 29.7 Å². The number of nitro groups is 1. The molecule has 4 rings (SSSR count). The van der Waals surface area contributed by atoms with Crippen molar-refractivity contribution >= 4 is 17.4 Å². The molecule has 0 spiro atoms. The van der Waals surface area contributed by atoms with E-state index in [1.807, 2.05) is 30.3 Å². The second-order valence-electron chi connectivity index (χ2n) is 7.44. The standard InChI is InChI=1S/C22H20N2O4/c1-13-7-8-15(10-19(13)24(27)28)17-12-21(26)23-18-9-16(11-20(25)22(17)18)14-5-3-2-4-6-14/h2-8,10,16-17H,9,11-12H2,1H3,(H,23,26)/t16-,17-/m0/s1. The molecular formula is C22H20N2O4. The Kier molecular flexibility index (Phi) is 4.55. The van der Waals surface area contributed by atoms with Gasteiger partial charge in [-0.3, -0.25) is 19.7 Å². The van der Waals surface area contributed by atoms with Gasteiger partial charge >= 0.3 is 0 Å². The molecule has 1 aliphatic carbocycles. The van der Waals surface area contributed by atoms with Gasteiger partial charge in [-0.1, -0.05) is 42.5 Å². The van der Waals surface area contributed by atoms with Crippen molar-refractivity contribution in [1.82, 2.24) is 5.32 Å². The lowest BCUT2D eigenvalue weighted by Crippen LogP contribution is -2.38. The Morgan fingerprint density at radius 2 is 1.75 bits per heavy atom. The third-order valence-corrected chi connectivity index (χ3v) is 5.64. The lowest BCUT2D eigenvalue weighted by atomic mass is 9.73. The first-order valence-electron chi connectivity index (χ1n) is 9.30. The molecule has 0 radical (unpaired) electrons. The summed E-state index contributed by atoms with van der Waals surface area (Å²) in [6.07, 6.45) is 1.09. The van der Waals surface area contributed by atoms with Gasteiger partial charge in [-0.2, -0.15) is 0 Å². The van der Waals surface area contributed by atoms with E-state index in [0.29, 0.717) is 35.2 Å². The van der Waals surface area contributed by atoms with Crippen LogP contribution in [0.3, 0.4) is 0 Å². The highest BCUT2D eigenvalue weighted by atomic mass is 16.6. The second-order valence-corrected chi connectivity index (χ2v) is 7.44. The van der Waals surface area contributed by atoms with E-state index in [2.05, 4.69) is 5.32 Å². The Balaban J connectivity index is 1.74. The van der Waals surface area contributed by atoms with Crippen molar-refractivity contribution in [3.63, 3.8) is 0 Å². The molecule has 6 heteroatoms. The number of Topliss-reactive ketones (excluding diaryl/α,β-unsaturated/α-hetero) is 1. The van der Waals surface area contributed by atoms with Crippen LogP contribution in [0.5, 0.6) is 0 Å². The summed E-state index contributed by atoms with van der Waals surface area (Å²) in [5.74, 6) is -0.567. The van der Waals surface area contributed by atoms with Gasteiger partial charge < -0.3 is 5.32 Å². The van der Waals surface area contributed by atoms with Gasteiger partial charge in [0, 0.05) is 41.7 Å². The predicted molar refractivity (Wildman–Crippen MR) is 104 cm³/mol. The zero-order valence-corrected chi connectivity index (χ0v) is 15.5. The number of aryl methyl sites for hydroxylation is 1. The number of hydrogen-bond acceptors (Lipinski definition) is 4. The molecule has 1 amide bonds. The molecule has 6 nitrogen and oxygen atoms in total. The highest BCUT2D eigenvalue weighted by Gasteiger charge is 2.38. The number of nitrogens with one attached hydrogen (secondary N) is 1. The zero-order chi connectivity index (χ0) is 19.8. The normalized spacial score (nSPS) is 21.9. The van der Waals surface area contributed by atoms with Crippen LogP contribution in [0.1, 0.15) is 47.8 Å². The molecule has 2 aromatic rings. The third-order valence-electron chi connectivity index (χ3n) is 5.64.